The number of rotatable bonds is 2. The van der Waals surface area contributed by atoms with Gasteiger partial charge in [-0.25, -0.2) is 8.78 Å². The Morgan fingerprint density at radius 2 is 2.00 bits per heavy atom. The van der Waals surface area contributed by atoms with Crippen molar-refractivity contribution in [2.75, 3.05) is 26.2 Å². The minimum atomic E-state index is -0.721. The first-order valence-corrected chi connectivity index (χ1v) is 6.17. The Morgan fingerprint density at radius 3 is 2.65 bits per heavy atom. The molecule has 0 aromatic heterocycles. The van der Waals surface area contributed by atoms with Crippen LogP contribution in [0.25, 0.3) is 0 Å². The average Bonchev–Trinajstić information content (AvgIpc) is 2.33. The Bertz CT molecular complexity index is 422. The third-order valence-electron chi connectivity index (χ3n) is 2.83. The van der Waals surface area contributed by atoms with E-state index in [2.05, 4.69) is 21.2 Å². The van der Waals surface area contributed by atoms with Crippen molar-refractivity contribution >= 4 is 15.9 Å². The van der Waals surface area contributed by atoms with Crippen molar-refractivity contribution in [2.24, 2.45) is 0 Å². The first-order valence-electron chi connectivity index (χ1n) is 5.38. The van der Waals surface area contributed by atoms with E-state index in [0.29, 0.717) is 0 Å². The molecule has 94 valence electrons. The normalized spacial score (nSPS) is 17.4. The maximum atomic E-state index is 13.8. The first kappa shape index (κ1) is 12.7. The maximum absolute atomic E-state index is 13.8. The van der Waals surface area contributed by atoms with E-state index in [9.17, 15) is 13.9 Å². The molecule has 1 aliphatic heterocycles. The lowest BCUT2D eigenvalue weighted by Crippen LogP contribution is -2.43. The summed E-state index contributed by atoms with van der Waals surface area (Å²) in [4.78, 5) is 1.97. The van der Waals surface area contributed by atoms with E-state index < -0.39 is 17.4 Å². The molecule has 1 aliphatic rings. The Kier molecular flexibility index (Phi) is 3.96. The minimum Gasteiger partial charge on any atom is -0.507 e. The fraction of sp³-hybridized carbons (Fsp3) is 0.455. The molecule has 2 N–H and O–H groups in total. The SMILES string of the molecule is Oc1cc(F)c(CN2CCNCC2)c(F)c1Br. The van der Waals surface area contributed by atoms with Crippen LogP contribution in [0.15, 0.2) is 10.5 Å². The van der Waals surface area contributed by atoms with E-state index in [0.717, 1.165) is 32.2 Å². The van der Waals surface area contributed by atoms with Gasteiger partial charge in [0, 0.05) is 44.4 Å². The van der Waals surface area contributed by atoms with Gasteiger partial charge >= 0.3 is 0 Å². The molecule has 0 radical (unpaired) electrons. The van der Waals surface area contributed by atoms with Gasteiger partial charge in [-0.3, -0.25) is 4.90 Å². The van der Waals surface area contributed by atoms with Crippen molar-refractivity contribution in [1.29, 1.82) is 0 Å². The second-order valence-corrected chi connectivity index (χ2v) is 4.80. The van der Waals surface area contributed by atoms with Crippen molar-refractivity contribution in [3.63, 3.8) is 0 Å². The highest BCUT2D eigenvalue weighted by atomic mass is 79.9. The van der Waals surface area contributed by atoms with Gasteiger partial charge in [0.05, 0.1) is 4.47 Å². The zero-order valence-corrected chi connectivity index (χ0v) is 10.7. The van der Waals surface area contributed by atoms with Crippen LogP contribution in [0.1, 0.15) is 5.56 Å². The number of phenols is 1. The third-order valence-corrected chi connectivity index (χ3v) is 3.58. The molecule has 2 rings (SSSR count). The average molecular weight is 307 g/mol. The summed E-state index contributed by atoms with van der Waals surface area (Å²) in [5.74, 6) is -1.84. The lowest BCUT2D eigenvalue weighted by atomic mass is 10.1. The van der Waals surface area contributed by atoms with Gasteiger partial charge in [-0.15, -0.1) is 0 Å². The van der Waals surface area contributed by atoms with Crippen LogP contribution in [0.2, 0.25) is 0 Å². The zero-order valence-electron chi connectivity index (χ0n) is 9.14. The van der Waals surface area contributed by atoms with Gasteiger partial charge in [0.25, 0.3) is 0 Å². The lowest BCUT2D eigenvalue weighted by molar-refractivity contribution is 0.226. The fourth-order valence-electron chi connectivity index (χ4n) is 1.86. The summed E-state index contributed by atoms with van der Waals surface area (Å²) in [6.45, 7) is 3.39. The Labute approximate surface area is 107 Å². The van der Waals surface area contributed by atoms with Crippen molar-refractivity contribution < 1.29 is 13.9 Å². The number of piperazine rings is 1. The molecule has 1 aromatic rings. The quantitative estimate of drug-likeness (QED) is 0.819. The highest BCUT2D eigenvalue weighted by Crippen LogP contribution is 2.31. The molecule has 1 saturated heterocycles. The van der Waals surface area contributed by atoms with Crippen LogP contribution in [0.4, 0.5) is 8.78 Å². The number of aromatic hydroxyl groups is 1. The summed E-state index contributed by atoms with van der Waals surface area (Å²) < 4.78 is 27.3. The van der Waals surface area contributed by atoms with Crippen LogP contribution >= 0.6 is 15.9 Å². The van der Waals surface area contributed by atoms with E-state index in [1.54, 1.807) is 0 Å². The predicted octanol–water partition coefficient (Wildman–Crippen LogP) is 1.84. The van der Waals surface area contributed by atoms with Gasteiger partial charge in [0.15, 0.2) is 0 Å². The molecule has 3 nitrogen and oxygen atoms in total. The van der Waals surface area contributed by atoms with Crippen LogP contribution < -0.4 is 5.32 Å². The van der Waals surface area contributed by atoms with Gasteiger partial charge in [0.2, 0.25) is 0 Å². The first-order chi connectivity index (χ1) is 8.09. The Balaban J connectivity index is 2.22. The van der Waals surface area contributed by atoms with Gasteiger partial charge in [-0.2, -0.15) is 0 Å². The van der Waals surface area contributed by atoms with Crippen LogP contribution in [-0.2, 0) is 6.54 Å². The number of nitrogens with zero attached hydrogens (tertiary/aromatic N) is 1. The number of nitrogens with one attached hydrogen (secondary N) is 1. The number of halogens is 3. The topological polar surface area (TPSA) is 35.5 Å². The molecule has 6 heteroatoms. The van der Waals surface area contributed by atoms with E-state index in [4.69, 9.17) is 0 Å². The lowest BCUT2D eigenvalue weighted by Gasteiger charge is -2.27. The molecule has 17 heavy (non-hydrogen) atoms. The number of phenolic OH excluding ortho intramolecular Hbond substituents is 1. The molecule has 1 aromatic carbocycles. The molecular formula is C11H13BrF2N2O. The molecule has 0 atom stereocenters. The van der Waals surface area contributed by atoms with Gasteiger partial charge in [-0.05, 0) is 15.9 Å². The van der Waals surface area contributed by atoms with Crippen molar-refractivity contribution in [2.45, 2.75) is 6.54 Å². The summed E-state index contributed by atoms with van der Waals surface area (Å²) >= 11 is 2.91. The van der Waals surface area contributed by atoms with E-state index in [1.807, 2.05) is 4.90 Å². The summed E-state index contributed by atoms with van der Waals surface area (Å²) in [6, 6.07) is 0.935. The number of benzene rings is 1. The smallest absolute Gasteiger partial charge is 0.148 e. The predicted molar refractivity (Wildman–Crippen MR) is 63.9 cm³/mol. The van der Waals surface area contributed by atoms with Crippen LogP contribution in [0.3, 0.4) is 0 Å². The maximum Gasteiger partial charge on any atom is 0.148 e. The molecular weight excluding hydrogens is 294 g/mol. The molecule has 0 unspecified atom stereocenters. The van der Waals surface area contributed by atoms with Crippen molar-refractivity contribution in [3.8, 4) is 5.75 Å². The van der Waals surface area contributed by atoms with E-state index >= 15 is 0 Å². The second-order valence-electron chi connectivity index (χ2n) is 4.01. The zero-order chi connectivity index (χ0) is 12.4. The molecule has 0 aliphatic carbocycles. The fourth-order valence-corrected chi connectivity index (χ4v) is 2.21. The van der Waals surface area contributed by atoms with Crippen LogP contribution in [0.5, 0.6) is 5.75 Å². The van der Waals surface area contributed by atoms with Gasteiger partial charge < -0.3 is 10.4 Å². The van der Waals surface area contributed by atoms with Crippen molar-refractivity contribution in [1.82, 2.24) is 10.2 Å². The van der Waals surface area contributed by atoms with Gasteiger partial charge in [-0.1, -0.05) is 0 Å². The molecule has 0 saturated carbocycles. The molecule has 1 heterocycles. The highest BCUT2D eigenvalue weighted by Gasteiger charge is 2.19. The van der Waals surface area contributed by atoms with E-state index in [-0.39, 0.29) is 16.6 Å². The Hall–Kier alpha value is -0.720. The highest BCUT2D eigenvalue weighted by molar-refractivity contribution is 9.10. The Morgan fingerprint density at radius 1 is 1.35 bits per heavy atom. The summed E-state index contributed by atoms with van der Waals surface area (Å²) in [7, 11) is 0. The molecule has 1 fully saturated rings. The number of hydrogen-bond acceptors (Lipinski definition) is 3. The largest absolute Gasteiger partial charge is 0.507 e. The summed E-state index contributed by atoms with van der Waals surface area (Å²) in [5, 5.41) is 12.4. The molecule has 0 amide bonds. The molecule has 0 bridgehead atoms. The standard InChI is InChI=1S/C11H13BrF2N2O/c12-10-9(17)5-8(13)7(11(10)14)6-16-3-1-15-2-4-16/h5,15,17H,1-4,6H2. The van der Waals surface area contributed by atoms with Crippen molar-refractivity contribution in [3.05, 3.63) is 27.7 Å². The van der Waals surface area contributed by atoms with Crippen LogP contribution in [0, 0.1) is 11.6 Å². The third kappa shape index (κ3) is 2.75. The molecule has 0 spiro atoms. The second kappa shape index (κ2) is 5.29. The summed E-state index contributed by atoms with van der Waals surface area (Å²) in [6.07, 6.45) is 0. The number of hydrogen-bond donors (Lipinski definition) is 2. The monoisotopic (exact) mass is 306 g/mol. The summed E-state index contributed by atoms with van der Waals surface area (Å²) in [5.41, 5.74) is -0.00317. The minimum absolute atomic E-state index is 0.00317. The van der Waals surface area contributed by atoms with Gasteiger partial charge in [0.1, 0.15) is 17.4 Å². The van der Waals surface area contributed by atoms with E-state index in [1.165, 1.54) is 0 Å². The van der Waals surface area contributed by atoms with Crippen LogP contribution in [-0.4, -0.2) is 36.2 Å².